The normalized spacial score (nSPS) is 12.3. The van der Waals surface area contributed by atoms with Gasteiger partial charge in [-0.05, 0) is 77.0 Å². The lowest BCUT2D eigenvalue weighted by atomic mass is 10.0. The molecule has 0 saturated carbocycles. The molecule has 0 fully saturated rings. The SMILES string of the molecule is CCCC/C=C\CCCCCCCC(=O)OCC(COC(=O)CCCCCCCCCCCCCCCCCCCCCCCCCCCCCCCC)OC(=O)CCCCCCCCCC/C=C\C/C=C\C/C=C\CCCCCCC. The molecule has 0 saturated heterocycles. The van der Waals surface area contributed by atoms with E-state index in [4.69, 9.17) is 14.2 Å². The molecule has 82 heavy (non-hydrogen) atoms. The highest BCUT2D eigenvalue weighted by Crippen LogP contribution is 2.19. The summed E-state index contributed by atoms with van der Waals surface area (Å²) in [6, 6.07) is 0. The largest absolute Gasteiger partial charge is 0.462 e. The second-order valence-electron chi connectivity index (χ2n) is 24.9. The molecule has 0 N–H and O–H groups in total. The van der Waals surface area contributed by atoms with E-state index < -0.39 is 6.10 Å². The lowest BCUT2D eigenvalue weighted by Crippen LogP contribution is -2.30. The van der Waals surface area contributed by atoms with Gasteiger partial charge in [0.15, 0.2) is 6.10 Å². The topological polar surface area (TPSA) is 78.9 Å². The second kappa shape index (κ2) is 70.9. The standard InChI is InChI=1S/C76H140O6/c1-4-7-10-13-16-19-22-24-26-28-30-32-34-35-36-37-38-39-40-42-43-45-47-49-51-54-57-60-63-66-69-75(78)81-72-73(71-80-74(77)68-65-62-59-56-53-21-18-15-12-9-6-3)82-76(79)70-67-64-61-58-55-52-50-48-46-44-41-33-31-29-27-25-23-20-17-14-11-8-5-2/h15,18,23,25,29,31,41,44,73H,4-14,16-17,19-22,24,26-28,30,32-40,42-43,45-72H2,1-3H3/b18-15-,25-23-,31-29-,44-41-. The average molecular weight is 1150 g/mol. The van der Waals surface area contributed by atoms with Crippen LogP contribution in [-0.2, 0) is 28.6 Å². The molecule has 0 aromatic heterocycles. The van der Waals surface area contributed by atoms with E-state index in [2.05, 4.69) is 69.4 Å². The van der Waals surface area contributed by atoms with Crippen molar-refractivity contribution in [3.05, 3.63) is 48.6 Å². The van der Waals surface area contributed by atoms with Gasteiger partial charge in [-0.25, -0.2) is 0 Å². The van der Waals surface area contributed by atoms with E-state index in [0.29, 0.717) is 19.3 Å². The number of unbranched alkanes of at least 4 members (excludes halogenated alkanes) is 49. The molecule has 0 radical (unpaired) electrons. The van der Waals surface area contributed by atoms with Crippen molar-refractivity contribution in [3.8, 4) is 0 Å². The molecule has 0 aliphatic heterocycles. The molecule has 0 bridgehead atoms. The van der Waals surface area contributed by atoms with Gasteiger partial charge in [-0.3, -0.25) is 14.4 Å². The number of esters is 3. The highest BCUT2D eigenvalue weighted by Gasteiger charge is 2.19. The smallest absolute Gasteiger partial charge is 0.306 e. The van der Waals surface area contributed by atoms with Crippen molar-refractivity contribution in [1.29, 1.82) is 0 Å². The molecule has 0 aliphatic carbocycles. The number of rotatable bonds is 68. The zero-order chi connectivity index (χ0) is 59.2. The molecule has 6 nitrogen and oxygen atoms in total. The molecule has 6 heteroatoms. The van der Waals surface area contributed by atoms with E-state index in [1.807, 2.05) is 0 Å². The number of hydrogen-bond donors (Lipinski definition) is 0. The van der Waals surface area contributed by atoms with Crippen LogP contribution < -0.4 is 0 Å². The Morgan fingerprint density at radius 1 is 0.244 bits per heavy atom. The van der Waals surface area contributed by atoms with Gasteiger partial charge in [-0.1, -0.05) is 352 Å². The Bertz CT molecular complexity index is 1410. The molecule has 0 amide bonds. The summed E-state index contributed by atoms with van der Waals surface area (Å²) in [5.41, 5.74) is 0. The van der Waals surface area contributed by atoms with Gasteiger partial charge in [0.05, 0.1) is 0 Å². The van der Waals surface area contributed by atoms with Gasteiger partial charge >= 0.3 is 17.9 Å². The summed E-state index contributed by atoms with van der Waals surface area (Å²) in [7, 11) is 0. The Morgan fingerprint density at radius 2 is 0.451 bits per heavy atom. The second-order valence-corrected chi connectivity index (χ2v) is 24.9. The van der Waals surface area contributed by atoms with Gasteiger partial charge in [-0.15, -0.1) is 0 Å². The zero-order valence-electron chi connectivity index (χ0n) is 55.3. The Morgan fingerprint density at radius 3 is 0.732 bits per heavy atom. The van der Waals surface area contributed by atoms with Crippen LogP contribution in [0.5, 0.6) is 0 Å². The lowest BCUT2D eigenvalue weighted by molar-refractivity contribution is -0.167. The summed E-state index contributed by atoms with van der Waals surface area (Å²) in [5.74, 6) is -0.868. The Balaban J connectivity index is 4.15. The van der Waals surface area contributed by atoms with Crippen LogP contribution in [0.2, 0.25) is 0 Å². The number of hydrogen-bond acceptors (Lipinski definition) is 6. The van der Waals surface area contributed by atoms with Crippen LogP contribution in [0.1, 0.15) is 400 Å². The fourth-order valence-corrected chi connectivity index (χ4v) is 11.0. The van der Waals surface area contributed by atoms with Gasteiger partial charge in [0.2, 0.25) is 0 Å². The Kier molecular flexibility index (Phi) is 68.6. The zero-order valence-corrected chi connectivity index (χ0v) is 55.3. The maximum atomic E-state index is 12.9. The van der Waals surface area contributed by atoms with E-state index in [1.54, 1.807) is 0 Å². The Labute approximate surface area is 511 Å². The third-order valence-corrected chi connectivity index (χ3v) is 16.6. The summed E-state index contributed by atoms with van der Waals surface area (Å²) in [5, 5.41) is 0. The fourth-order valence-electron chi connectivity index (χ4n) is 11.0. The molecular formula is C76H140O6. The molecule has 0 heterocycles. The minimum atomic E-state index is -0.780. The van der Waals surface area contributed by atoms with Crippen molar-refractivity contribution in [2.45, 2.75) is 406 Å². The average Bonchev–Trinajstić information content (AvgIpc) is 3.48. The van der Waals surface area contributed by atoms with Gasteiger partial charge in [0, 0.05) is 19.3 Å². The summed E-state index contributed by atoms with van der Waals surface area (Å²) >= 11 is 0. The highest BCUT2D eigenvalue weighted by atomic mass is 16.6. The van der Waals surface area contributed by atoms with Gasteiger partial charge < -0.3 is 14.2 Å². The van der Waals surface area contributed by atoms with Gasteiger partial charge in [0.1, 0.15) is 13.2 Å². The van der Waals surface area contributed by atoms with E-state index in [0.717, 1.165) is 83.5 Å². The summed E-state index contributed by atoms with van der Waals surface area (Å²) in [6.45, 7) is 6.64. The van der Waals surface area contributed by atoms with E-state index >= 15 is 0 Å². The number of ether oxygens (including phenoxy) is 3. The fraction of sp³-hybridized carbons (Fsp3) is 0.855. The summed E-state index contributed by atoms with van der Waals surface area (Å²) < 4.78 is 17.0. The first kappa shape index (κ1) is 79.4. The first-order chi connectivity index (χ1) is 40.5. The molecule has 0 spiro atoms. The van der Waals surface area contributed by atoms with Crippen LogP contribution in [0.3, 0.4) is 0 Å². The first-order valence-electron chi connectivity index (χ1n) is 36.6. The van der Waals surface area contributed by atoms with E-state index in [1.165, 1.54) is 276 Å². The number of carbonyl (C=O) groups is 3. The van der Waals surface area contributed by atoms with E-state index in [9.17, 15) is 14.4 Å². The molecule has 1 unspecified atom stereocenters. The van der Waals surface area contributed by atoms with Crippen molar-refractivity contribution in [1.82, 2.24) is 0 Å². The van der Waals surface area contributed by atoms with Crippen LogP contribution >= 0.6 is 0 Å². The van der Waals surface area contributed by atoms with Crippen molar-refractivity contribution >= 4 is 17.9 Å². The van der Waals surface area contributed by atoms with Crippen LogP contribution in [0.25, 0.3) is 0 Å². The molecule has 0 aromatic carbocycles. The summed E-state index contributed by atoms with van der Waals surface area (Å²) in [4.78, 5) is 38.4. The van der Waals surface area contributed by atoms with Crippen LogP contribution in [0.4, 0.5) is 0 Å². The summed E-state index contributed by atoms with van der Waals surface area (Å²) in [6.07, 6.45) is 90.2. The molecule has 0 aromatic rings. The predicted molar refractivity (Wildman–Crippen MR) is 358 cm³/mol. The van der Waals surface area contributed by atoms with Crippen LogP contribution in [-0.4, -0.2) is 37.2 Å². The molecule has 0 aliphatic rings. The van der Waals surface area contributed by atoms with Crippen molar-refractivity contribution in [2.75, 3.05) is 13.2 Å². The minimum Gasteiger partial charge on any atom is -0.462 e. The number of carbonyl (C=O) groups excluding carboxylic acids is 3. The van der Waals surface area contributed by atoms with Crippen molar-refractivity contribution < 1.29 is 28.6 Å². The van der Waals surface area contributed by atoms with Gasteiger partial charge in [0.25, 0.3) is 0 Å². The molecule has 480 valence electrons. The predicted octanol–water partition coefficient (Wildman–Crippen LogP) is 25.3. The highest BCUT2D eigenvalue weighted by molar-refractivity contribution is 5.71. The monoisotopic (exact) mass is 1150 g/mol. The first-order valence-corrected chi connectivity index (χ1v) is 36.6. The quantitative estimate of drug-likeness (QED) is 0.0261. The van der Waals surface area contributed by atoms with Crippen LogP contribution in [0, 0.1) is 0 Å². The lowest BCUT2D eigenvalue weighted by Gasteiger charge is -2.18. The maximum absolute atomic E-state index is 12.9. The molecular weight excluding hydrogens is 1010 g/mol. The molecule has 1 atom stereocenters. The molecule has 0 rings (SSSR count). The van der Waals surface area contributed by atoms with Crippen molar-refractivity contribution in [3.63, 3.8) is 0 Å². The van der Waals surface area contributed by atoms with E-state index in [-0.39, 0.29) is 31.1 Å². The third-order valence-electron chi connectivity index (χ3n) is 16.6. The Hall–Kier alpha value is -2.63. The van der Waals surface area contributed by atoms with Crippen molar-refractivity contribution in [2.24, 2.45) is 0 Å². The van der Waals surface area contributed by atoms with Crippen LogP contribution in [0.15, 0.2) is 48.6 Å². The maximum Gasteiger partial charge on any atom is 0.306 e. The minimum absolute atomic E-state index is 0.0750. The van der Waals surface area contributed by atoms with Gasteiger partial charge in [-0.2, -0.15) is 0 Å². The number of allylic oxidation sites excluding steroid dienone is 8. The third kappa shape index (κ3) is 68.2.